The Bertz CT molecular complexity index is 7180. The largest absolute Gasteiger partial charge is 0.493 e. The van der Waals surface area contributed by atoms with Gasteiger partial charge in [0.05, 0.1) is 57.9 Å². The average Bonchev–Trinajstić information content (AvgIpc) is 1.50. The topological polar surface area (TPSA) is 498 Å². The molecule has 0 bridgehead atoms. The summed E-state index contributed by atoms with van der Waals surface area (Å²) >= 11 is 0. The van der Waals surface area contributed by atoms with Gasteiger partial charge in [0.25, 0.3) is 63.2 Å². The van der Waals surface area contributed by atoms with E-state index < -0.39 is 29.5 Å². The van der Waals surface area contributed by atoms with Gasteiger partial charge >= 0.3 is 0 Å². The van der Waals surface area contributed by atoms with Crippen LogP contribution in [0, 0.1) is 18.3 Å². The minimum atomic E-state index is -0.694. The van der Waals surface area contributed by atoms with Crippen LogP contribution in [0.4, 0.5) is 11.5 Å². The van der Waals surface area contributed by atoms with Crippen LogP contribution in [0.3, 0.4) is 0 Å². The van der Waals surface area contributed by atoms with Crippen LogP contribution in [0.15, 0.2) is 272 Å². The number of rotatable bonds is 18. The van der Waals surface area contributed by atoms with Crippen LogP contribution < -0.4 is 70.2 Å². The Morgan fingerprint density at radius 1 is 0.512 bits per heavy atom. The molecule has 35 nitrogen and oxygen atoms in total. The first-order valence-corrected chi connectivity index (χ1v) is 39.6. The van der Waals surface area contributed by atoms with Crippen molar-refractivity contribution in [2.75, 3.05) is 30.9 Å². The highest BCUT2D eigenvalue weighted by molar-refractivity contribution is 6.01. The molecule has 7 heterocycles. The minimum absolute atomic E-state index is 0.0509. The molecule has 7 aromatic heterocycles. The van der Waals surface area contributed by atoms with E-state index in [1.54, 1.807) is 104 Å². The van der Waals surface area contributed by atoms with Crippen molar-refractivity contribution >= 4 is 112 Å². The predicted octanol–water partition coefficient (Wildman–Crippen LogP) is 11.1. The van der Waals surface area contributed by atoms with Crippen LogP contribution in [-0.4, -0.2) is 131 Å². The zero-order valence-electron chi connectivity index (χ0n) is 68.1. The molecule has 0 saturated heterocycles. The zero-order valence-corrected chi connectivity index (χ0v) is 68.1. The number of aromatic amines is 2. The van der Waals surface area contributed by atoms with Gasteiger partial charge in [0, 0.05) is 106 Å². The maximum atomic E-state index is 13.1. The number of aromatic nitrogens is 10. The number of anilines is 2. The number of oxazole rings is 1. The smallest absolute Gasteiger partial charge is 0.274 e. The van der Waals surface area contributed by atoms with Crippen molar-refractivity contribution in [1.82, 2.24) is 76.0 Å². The number of hydroxylamine groups is 5. The Hall–Kier alpha value is -16.3. The molecule has 0 radical (unpaired) electrons. The van der Waals surface area contributed by atoms with Crippen molar-refractivity contribution in [1.29, 1.82) is 0 Å². The number of H-pyrrole nitrogens is 2. The molecule has 2 saturated carbocycles. The molecule has 16 aromatic rings. The molecule has 127 heavy (non-hydrogen) atoms. The van der Waals surface area contributed by atoms with Crippen molar-refractivity contribution in [3.63, 3.8) is 0 Å². The van der Waals surface area contributed by atoms with E-state index in [2.05, 4.69) is 40.2 Å². The fourth-order valence-corrected chi connectivity index (χ4v) is 14.4. The number of benzene rings is 9. The Kier molecular flexibility index (Phi) is 26.6. The van der Waals surface area contributed by atoms with Crippen molar-refractivity contribution < 1.29 is 64.0 Å². The van der Waals surface area contributed by atoms with Gasteiger partial charge < -0.3 is 33.9 Å². The predicted molar refractivity (Wildman–Crippen MR) is 470 cm³/mol. The first-order valence-electron chi connectivity index (χ1n) is 39.6. The standard InChI is InChI=1S/C22H23N3O4.C19H16N4O4.C18H16N2O3.C17H16N4O3.C16H10N4O4/c26-20(24-28)16-8-9-19-18(12-16)21(27)25(15-23-19)13-22(10-4-5-11-22)14-29-17-6-2-1-3-7-17;24-17(12-2-3-12)21-16-10-14(5-7-20-16)23-8-6-11-1-4-13(18(25)22-27)9-15(11)19(23)26;1-12-10-20(11-13-5-3-2-4-6-13)18(22)16-9-14(17(21)19-23)7-8-15(12)16;1-21(2)12-6-3-10(4-7-12)15-18-14-9-11(16(22)20-24)5-8-13(14)17(23)19-15;21-14(20-23)8-5-6-9-11(7-8)17-13(19-15(9)22)16-18-10-3-1-2-4-12(10)24-16/h1-3,6-9,12,15,28H,4-5,10-11,13-14H2,(H,24,26);1,4-10,12,27H,2-3H2,(H,22,25)(H,20,21,24);2-10,23H,11H2,1H3,(H,19,21);3-9,24H,1-2H3,(H,20,22)(H,18,19,23);1-7,23H,(H,20,21)(H,17,19,22). The molecular weight excluding hydrogens is 1630 g/mol. The van der Waals surface area contributed by atoms with E-state index in [1.165, 1.54) is 77.5 Å². The Morgan fingerprint density at radius 2 is 1.05 bits per heavy atom. The second kappa shape index (κ2) is 38.8. The molecule has 13 N–H and O–H groups in total. The molecule has 2 aliphatic carbocycles. The van der Waals surface area contributed by atoms with Crippen LogP contribution in [0.25, 0.3) is 94.1 Å². The Morgan fingerprint density at radius 3 is 1.65 bits per heavy atom. The first-order chi connectivity index (χ1) is 61.4. The number of amides is 6. The van der Waals surface area contributed by atoms with E-state index in [9.17, 15) is 52.7 Å². The SMILES string of the molecule is CN(C)c1ccc(-c2nc3cc(C(=O)NO)ccc3c(=O)[nH]2)cc1.Cc1cn(Cc2ccccc2)c(=O)c2cc(C(=O)NO)ccc12.O=C(NO)c1ccc2c(=O)[nH]c(-c3nc4ccccc4o3)nc2c1.O=C(NO)c1ccc2ccn(-c3ccnc(NC(=O)C4CC4)c3)c(=O)c2c1.O=C(NO)c1ccc2ncn(CC3(COc4ccccc4)CCCC3)c(=O)c2c1. The molecule has 2 fully saturated rings. The third kappa shape index (κ3) is 20.2. The quantitative estimate of drug-likeness (QED) is 0.0280. The summed E-state index contributed by atoms with van der Waals surface area (Å²) in [6.45, 7) is 3.44. The molecular formula is C92H81N17O18. The number of carbonyl (C=O) groups excluding carboxylic acids is 6. The van der Waals surface area contributed by atoms with E-state index in [0.29, 0.717) is 91.5 Å². The molecule has 35 heteroatoms. The van der Waals surface area contributed by atoms with Gasteiger partial charge in [-0.15, -0.1) is 0 Å². The van der Waals surface area contributed by atoms with Crippen molar-refractivity contribution in [3.8, 4) is 34.5 Å². The second-order valence-corrected chi connectivity index (χ2v) is 30.1. The number of fused-ring (bicyclic) bond motifs is 6. The van der Waals surface area contributed by atoms with E-state index in [-0.39, 0.29) is 90.1 Å². The summed E-state index contributed by atoms with van der Waals surface area (Å²) in [5.74, 6) is -1.41. The number of pyridine rings is 3. The lowest BCUT2D eigenvalue weighted by molar-refractivity contribution is -0.117. The van der Waals surface area contributed by atoms with Gasteiger partial charge in [0.15, 0.2) is 11.4 Å². The van der Waals surface area contributed by atoms with Crippen molar-refractivity contribution in [3.05, 3.63) is 334 Å². The third-order valence-corrected chi connectivity index (χ3v) is 21.3. The zero-order chi connectivity index (χ0) is 89.6. The summed E-state index contributed by atoms with van der Waals surface area (Å²) < 4.78 is 16.3. The van der Waals surface area contributed by atoms with Gasteiger partial charge in [0.1, 0.15) is 22.9 Å². The molecule has 0 atom stereocenters. The summed E-state index contributed by atoms with van der Waals surface area (Å²) in [4.78, 5) is 162. The number of ether oxygens (including phenoxy) is 1. The van der Waals surface area contributed by atoms with Gasteiger partial charge in [-0.3, -0.25) is 87.9 Å². The molecule has 2 aliphatic rings. The number of hydrogen-bond donors (Lipinski definition) is 13. The lowest BCUT2D eigenvalue weighted by atomic mass is 9.87. The molecule has 0 spiro atoms. The van der Waals surface area contributed by atoms with Crippen LogP contribution in [0.5, 0.6) is 5.75 Å². The molecule has 6 amide bonds. The van der Waals surface area contributed by atoms with Crippen molar-refractivity contribution in [2.24, 2.45) is 11.3 Å². The van der Waals surface area contributed by atoms with Crippen LogP contribution in [0.1, 0.15) is 101 Å². The molecule has 0 aliphatic heterocycles. The maximum absolute atomic E-state index is 13.1. The van der Waals surface area contributed by atoms with E-state index in [4.69, 9.17) is 35.2 Å². The summed E-state index contributed by atoms with van der Waals surface area (Å²) in [6, 6.07) is 61.9. The number of para-hydroxylation sites is 3. The number of nitrogens with one attached hydrogen (secondary N) is 8. The van der Waals surface area contributed by atoms with Crippen LogP contribution >= 0.6 is 0 Å². The van der Waals surface area contributed by atoms with Gasteiger partial charge in [0.2, 0.25) is 5.91 Å². The van der Waals surface area contributed by atoms with E-state index in [1.807, 2.05) is 129 Å². The maximum Gasteiger partial charge on any atom is 0.274 e. The first kappa shape index (κ1) is 87.0. The number of hydrogen-bond acceptors (Lipinski definition) is 24. The molecule has 18 rings (SSSR count). The van der Waals surface area contributed by atoms with Crippen LogP contribution in [-0.2, 0) is 17.9 Å². The summed E-state index contributed by atoms with van der Waals surface area (Å²) in [5, 5.41) is 49.9. The Balaban J connectivity index is 0.000000129. The summed E-state index contributed by atoms with van der Waals surface area (Å²) in [5.41, 5.74) is 14.1. The van der Waals surface area contributed by atoms with Gasteiger partial charge in [-0.2, -0.15) is 0 Å². The van der Waals surface area contributed by atoms with Crippen molar-refractivity contribution in [2.45, 2.75) is 58.5 Å². The van der Waals surface area contributed by atoms with E-state index in [0.717, 1.165) is 72.0 Å². The highest BCUT2D eigenvalue weighted by Crippen LogP contribution is 2.40. The van der Waals surface area contributed by atoms with Gasteiger partial charge in [-0.05, 0) is 194 Å². The molecule has 9 aromatic carbocycles. The number of aryl methyl sites for hydroxylation is 1. The third-order valence-electron chi connectivity index (χ3n) is 21.3. The van der Waals surface area contributed by atoms with E-state index >= 15 is 0 Å². The molecule has 0 unspecified atom stereocenters. The van der Waals surface area contributed by atoms with Gasteiger partial charge in [-0.25, -0.2) is 52.3 Å². The number of carbonyl (C=O) groups is 6. The van der Waals surface area contributed by atoms with Gasteiger partial charge in [-0.1, -0.05) is 85.6 Å². The summed E-state index contributed by atoms with van der Waals surface area (Å²) in [7, 11) is 3.89. The normalized spacial score (nSPS) is 12.4. The fourth-order valence-electron chi connectivity index (χ4n) is 14.4. The monoisotopic (exact) mass is 1710 g/mol. The highest BCUT2D eigenvalue weighted by Gasteiger charge is 2.36. The Labute approximate surface area is 718 Å². The average molecular weight is 1710 g/mol. The number of nitrogens with zero attached hydrogens (tertiary/aromatic N) is 9. The molecule has 642 valence electrons. The minimum Gasteiger partial charge on any atom is -0.493 e. The lowest BCUT2D eigenvalue weighted by Gasteiger charge is -2.29. The lowest BCUT2D eigenvalue weighted by Crippen LogP contribution is -2.35. The summed E-state index contributed by atoms with van der Waals surface area (Å²) in [6.07, 6.45) is 12.5. The highest BCUT2D eigenvalue weighted by atomic mass is 16.5. The second-order valence-electron chi connectivity index (χ2n) is 30.1. The van der Waals surface area contributed by atoms with Crippen LogP contribution in [0.2, 0.25) is 0 Å². The fraction of sp³-hybridized carbons (Fsp3) is 0.152.